The monoisotopic (exact) mass is 654 g/mol. The Bertz CT molecular complexity index is 1860. The highest BCUT2D eigenvalue weighted by molar-refractivity contribution is 6.32. The summed E-state index contributed by atoms with van der Waals surface area (Å²) in [5.74, 6) is -0.420. The molecule has 2 amide bonds. The number of carbonyl (C=O) groups is 2. The molecular weight excluding hydrogens is 624 g/mol. The first-order chi connectivity index (χ1) is 21.8. The predicted molar refractivity (Wildman–Crippen MR) is 166 cm³/mol. The number of fused-ring (bicyclic) bond motifs is 1. The number of anilines is 1. The number of amides is 2. The number of hydrogen-bond donors (Lipinski definition) is 4. The van der Waals surface area contributed by atoms with Crippen molar-refractivity contribution in [2.45, 2.75) is 51.0 Å². The van der Waals surface area contributed by atoms with E-state index < -0.39 is 59.3 Å². The summed E-state index contributed by atoms with van der Waals surface area (Å²) >= 11 is 6.16. The Kier molecular flexibility index (Phi) is 9.13. The maximum Gasteiger partial charge on any atom is 0.404 e. The molecule has 0 spiro atoms. The normalized spacial score (nSPS) is 20.6. The quantitative estimate of drug-likeness (QED) is 0.190. The Hall–Kier alpha value is -4.82. The summed E-state index contributed by atoms with van der Waals surface area (Å²) in [6.07, 6.45) is -6.12. The van der Waals surface area contributed by atoms with Gasteiger partial charge in [-0.3, -0.25) is 4.79 Å². The summed E-state index contributed by atoms with van der Waals surface area (Å²) < 4.78 is 33.7. The van der Waals surface area contributed by atoms with Crippen LogP contribution in [-0.2, 0) is 14.2 Å². The van der Waals surface area contributed by atoms with Crippen LogP contribution in [0.15, 0.2) is 69.9 Å². The zero-order chi connectivity index (χ0) is 33.3. The number of hydrogen-bond acceptors (Lipinski definition) is 11. The van der Waals surface area contributed by atoms with E-state index in [1.165, 1.54) is 31.4 Å². The van der Waals surface area contributed by atoms with Gasteiger partial charge in [-0.1, -0.05) is 29.8 Å². The van der Waals surface area contributed by atoms with Gasteiger partial charge < -0.3 is 49.4 Å². The molecule has 1 aliphatic rings. The Morgan fingerprint density at radius 2 is 1.80 bits per heavy atom. The van der Waals surface area contributed by atoms with Gasteiger partial charge in [0.1, 0.15) is 28.9 Å². The first-order valence-electron chi connectivity index (χ1n) is 13.9. The topological polar surface area (TPSA) is 189 Å². The minimum absolute atomic E-state index is 0.0441. The fourth-order valence-electron chi connectivity index (χ4n) is 5.21. The van der Waals surface area contributed by atoms with Crippen LogP contribution < -0.4 is 26.1 Å². The number of aliphatic hydroxyl groups excluding tert-OH is 1. The molecule has 4 aromatic rings. The maximum atomic E-state index is 13.1. The molecule has 0 aliphatic carbocycles. The highest BCUT2D eigenvalue weighted by Crippen LogP contribution is 2.39. The number of nitrogens with two attached hydrogens (primary N) is 1. The molecule has 4 atom stereocenters. The van der Waals surface area contributed by atoms with Crippen molar-refractivity contribution < 1.29 is 47.9 Å². The SMILES string of the molecule is CO[C@@H]1[C@@H](OC(N)=O)[C@@H](O)[C@H](Oc2ccc3c(O)c(NC(=O)c4cccc(Oc5ccccc5Cl)c4)c(=O)oc3c2C)OC1(C)C. The van der Waals surface area contributed by atoms with Gasteiger partial charge in [0.25, 0.3) is 5.91 Å². The van der Waals surface area contributed by atoms with Gasteiger partial charge in [-0.25, -0.2) is 9.59 Å². The number of halogens is 1. The third-order valence-electron chi connectivity index (χ3n) is 7.41. The largest absolute Gasteiger partial charge is 0.505 e. The van der Waals surface area contributed by atoms with E-state index in [1.807, 2.05) is 0 Å². The molecular formula is C32H31ClN2O11. The third-order valence-corrected chi connectivity index (χ3v) is 7.73. The molecule has 2 heterocycles. The summed E-state index contributed by atoms with van der Waals surface area (Å²) in [6, 6.07) is 15.8. The molecule has 46 heavy (non-hydrogen) atoms. The number of para-hydroxylation sites is 1. The van der Waals surface area contributed by atoms with Crippen LogP contribution in [-0.4, -0.2) is 59.5 Å². The molecule has 0 saturated carbocycles. The average molecular weight is 655 g/mol. The van der Waals surface area contributed by atoms with Gasteiger partial charge in [-0.05, 0) is 63.2 Å². The Morgan fingerprint density at radius 3 is 2.50 bits per heavy atom. The Labute approximate surface area is 267 Å². The number of rotatable bonds is 8. The fourth-order valence-corrected chi connectivity index (χ4v) is 5.39. The predicted octanol–water partition coefficient (Wildman–Crippen LogP) is 4.86. The molecule has 0 unspecified atom stereocenters. The molecule has 14 heteroatoms. The number of nitrogens with one attached hydrogen (secondary N) is 1. The van der Waals surface area contributed by atoms with E-state index in [9.17, 15) is 24.6 Å². The van der Waals surface area contributed by atoms with Crippen LogP contribution in [0.25, 0.3) is 11.0 Å². The minimum Gasteiger partial charge on any atom is -0.505 e. The van der Waals surface area contributed by atoms with Crippen molar-refractivity contribution in [3.8, 4) is 23.0 Å². The number of primary amides is 1. The maximum absolute atomic E-state index is 13.1. The standard InChI is InChI=1S/C32H31ClN2O11/c1-15-20(43-30-24(37)26(45-31(34)40)27(41-4)32(2,3)46-30)13-12-18-23(36)22(29(39)44-25(15)18)35-28(38)16-8-7-9-17(14-16)42-21-11-6-5-10-19(21)33/h5-14,24,26-27,30,36-37H,1-4H3,(H2,34,40)(H,35,38)/t24-,26+,27-,30-/m1/s1. The van der Waals surface area contributed by atoms with Crippen molar-refractivity contribution in [3.05, 3.63) is 87.2 Å². The van der Waals surface area contributed by atoms with E-state index in [1.54, 1.807) is 57.2 Å². The van der Waals surface area contributed by atoms with Gasteiger partial charge in [-0.15, -0.1) is 0 Å². The van der Waals surface area contributed by atoms with E-state index in [0.717, 1.165) is 0 Å². The van der Waals surface area contributed by atoms with E-state index in [-0.39, 0.29) is 27.8 Å². The molecule has 1 fully saturated rings. The second-order valence-electron chi connectivity index (χ2n) is 10.9. The molecule has 5 N–H and O–H groups in total. The lowest BCUT2D eigenvalue weighted by atomic mass is 9.89. The lowest BCUT2D eigenvalue weighted by molar-refractivity contribution is -0.304. The van der Waals surface area contributed by atoms with Crippen LogP contribution in [0, 0.1) is 6.92 Å². The summed E-state index contributed by atoms with van der Waals surface area (Å²) in [6.45, 7) is 4.87. The first kappa shape index (κ1) is 32.6. The molecule has 0 bridgehead atoms. The number of methoxy groups -OCH3 is 1. The first-order valence-corrected chi connectivity index (χ1v) is 14.3. The van der Waals surface area contributed by atoms with Gasteiger partial charge in [0, 0.05) is 18.2 Å². The fraction of sp³-hybridized carbons (Fsp3) is 0.281. The smallest absolute Gasteiger partial charge is 0.404 e. The van der Waals surface area contributed by atoms with Gasteiger partial charge >= 0.3 is 11.7 Å². The molecule has 1 aromatic heterocycles. The van der Waals surface area contributed by atoms with Crippen LogP contribution in [0.5, 0.6) is 23.0 Å². The van der Waals surface area contributed by atoms with Crippen molar-refractivity contribution in [1.29, 1.82) is 0 Å². The molecule has 1 saturated heterocycles. The summed E-state index contributed by atoms with van der Waals surface area (Å²) in [4.78, 5) is 37.6. The molecule has 0 radical (unpaired) electrons. The molecule has 1 aliphatic heterocycles. The highest BCUT2D eigenvalue weighted by atomic mass is 35.5. The van der Waals surface area contributed by atoms with Gasteiger partial charge in [0.05, 0.1) is 16.0 Å². The Morgan fingerprint density at radius 1 is 1.07 bits per heavy atom. The zero-order valence-electron chi connectivity index (χ0n) is 25.1. The third kappa shape index (κ3) is 6.44. The molecule has 242 valence electrons. The van der Waals surface area contributed by atoms with E-state index >= 15 is 0 Å². The summed E-state index contributed by atoms with van der Waals surface area (Å²) in [5, 5.41) is 24.9. The van der Waals surface area contributed by atoms with Crippen molar-refractivity contribution in [1.82, 2.24) is 0 Å². The number of aryl methyl sites for hydroxylation is 1. The number of benzene rings is 3. The number of ether oxygens (including phenoxy) is 5. The van der Waals surface area contributed by atoms with Crippen LogP contribution in [0.1, 0.15) is 29.8 Å². The van der Waals surface area contributed by atoms with Crippen molar-refractivity contribution >= 4 is 40.3 Å². The van der Waals surface area contributed by atoms with Crippen LogP contribution in [0.4, 0.5) is 10.5 Å². The van der Waals surface area contributed by atoms with Crippen molar-refractivity contribution in [2.24, 2.45) is 5.73 Å². The van der Waals surface area contributed by atoms with Crippen LogP contribution >= 0.6 is 11.6 Å². The molecule has 3 aromatic carbocycles. The van der Waals surface area contributed by atoms with E-state index in [2.05, 4.69) is 5.32 Å². The van der Waals surface area contributed by atoms with E-state index in [0.29, 0.717) is 16.5 Å². The minimum atomic E-state index is -1.52. The van der Waals surface area contributed by atoms with Gasteiger partial charge in [0.15, 0.2) is 23.6 Å². The van der Waals surface area contributed by atoms with Crippen molar-refractivity contribution in [3.63, 3.8) is 0 Å². The summed E-state index contributed by atoms with van der Waals surface area (Å²) in [5.41, 5.74) is 2.95. The lowest BCUT2D eigenvalue weighted by Crippen LogP contribution is -2.65. The van der Waals surface area contributed by atoms with E-state index in [4.69, 9.17) is 45.4 Å². The number of aromatic hydroxyl groups is 1. The van der Waals surface area contributed by atoms with Gasteiger partial charge in [0.2, 0.25) is 6.29 Å². The molecule has 5 rings (SSSR count). The summed E-state index contributed by atoms with van der Waals surface area (Å²) in [7, 11) is 1.37. The lowest BCUT2D eigenvalue weighted by Gasteiger charge is -2.47. The average Bonchev–Trinajstić information content (AvgIpc) is 3.00. The second-order valence-corrected chi connectivity index (χ2v) is 11.4. The van der Waals surface area contributed by atoms with Crippen LogP contribution in [0.3, 0.4) is 0 Å². The second kappa shape index (κ2) is 12.9. The zero-order valence-corrected chi connectivity index (χ0v) is 25.9. The number of carbonyl (C=O) groups excluding carboxylic acids is 2. The number of aliphatic hydroxyl groups is 1. The highest BCUT2D eigenvalue weighted by Gasteiger charge is 2.53. The molecule has 13 nitrogen and oxygen atoms in total. The van der Waals surface area contributed by atoms with Gasteiger partial charge in [-0.2, -0.15) is 0 Å². The van der Waals surface area contributed by atoms with Crippen LogP contribution in [0.2, 0.25) is 5.02 Å². The Balaban J connectivity index is 1.39. The van der Waals surface area contributed by atoms with Crippen molar-refractivity contribution in [2.75, 3.05) is 12.4 Å².